The van der Waals surface area contributed by atoms with Crippen molar-refractivity contribution in [2.45, 2.75) is 6.92 Å². The number of hydrogen-bond donors (Lipinski definition) is 2. The summed E-state index contributed by atoms with van der Waals surface area (Å²) in [6, 6.07) is 2.13. The third kappa shape index (κ3) is 3.02. The molecular weight excluding hydrogens is 222 g/mol. The van der Waals surface area contributed by atoms with Crippen molar-refractivity contribution in [2.75, 3.05) is 11.9 Å². The van der Waals surface area contributed by atoms with Gasteiger partial charge in [0.25, 0.3) is 0 Å². The summed E-state index contributed by atoms with van der Waals surface area (Å²) in [5.41, 5.74) is 4.75. The van der Waals surface area contributed by atoms with Gasteiger partial charge in [-0.2, -0.15) is 0 Å². The summed E-state index contributed by atoms with van der Waals surface area (Å²) < 4.78 is 31.5. The summed E-state index contributed by atoms with van der Waals surface area (Å²) in [5.74, 6) is -1.47. The van der Waals surface area contributed by atoms with E-state index in [2.05, 4.69) is 17.5 Å². The highest BCUT2D eigenvalue weighted by Gasteiger charge is 2.11. The molecular formula is C9H10F2N2OS. The smallest absolute Gasteiger partial charge is 0.168 e. The fourth-order valence-electron chi connectivity index (χ4n) is 1.04. The van der Waals surface area contributed by atoms with Gasteiger partial charge in [0, 0.05) is 12.1 Å². The highest BCUT2D eigenvalue weighted by molar-refractivity contribution is 7.80. The first-order valence-electron chi connectivity index (χ1n) is 4.23. The highest BCUT2D eigenvalue weighted by atomic mass is 32.1. The van der Waals surface area contributed by atoms with Crippen molar-refractivity contribution in [3.63, 3.8) is 0 Å². The van der Waals surface area contributed by atoms with Crippen LogP contribution in [0, 0.1) is 11.6 Å². The number of thiocarbonyl (C=S) groups is 1. The number of hydrogen-bond acceptors (Lipinski definition) is 2. The Balaban J connectivity index is 3.03. The molecule has 0 spiro atoms. The third-order valence-electron chi connectivity index (χ3n) is 1.57. The van der Waals surface area contributed by atoms with Crippen molar-refractivity contribution in [3.05, 3.63) is 23.8 Å². The summed E-state index contributed by atoms with van der Waals surface area (Å²) in [7, 11) is 0. The van der Waals surface area contributed by atoms with Crippen LogP contribution >= 0.6 is 12.2 Å². The van der Waals surface area contributed by atoms with E-state index in [1.54, 1.807) is 6.92 Å². The number of benzene rings is 1. The first-order valence-corrected chi connectivity index (χ1v) is 4.63. The quantitative estimate of drug-likeness (QED) is 0.783. The Kier molecular flexibility index (Phi) is 3.79. The van der Waals surface area contributed by atoms with Gasteiger partial charge in [0.15, 0.2) is 16.7 Å². The Labute approximate surface area is 91.2 Å². The van der Waals surface area contributed by atoms with Gasteiger partial charge < -0.3 is 15.8 Å². The lowest BCUT2D eigenvalue weighted by molar-refractivity contribution is 0.336. The molecule has 6 heteroatoms. The molecule has 0 atom stereocenters. The topological polar surface area (TPSA) is 47.3 Å². The Morgan fingerprint density at radius 2 is 2.00 bits per heavy atom. The van der Waals surface area contributed by atoms with Gasteiger partial charge in [-0.1, -0.05) is 0 Å². The minimum absolute atomic E-state index is 0.126. The second kappa shape index (κ2) is 4.88. The lowest BCUT2D eigenvalue weighted by Gasteiger charge is -2.09. The number of anilines is 1. The summed E-state index contributed by atoms with van der Waals surface area (Å²) in [4.78, 5) is 0. The van der Waals surface area contributed by atoms with E-state index in [0.717, 1.165) is 12.1 Å². The van der Waals surface area contributed by atoms with E-state index >= 15 is 0 Å². The molecule has 1 aromatic rings. The molecule has 0 heterocycles. The predicted molar refractivity (Wildman–Crippen MR) is 57.9 cm³/mol. The molecule has 82 valence electrons. The van der Waals surface area contributed by atoms with Crippen LogP contribution in [0.25, 0.3) is 0 Å². The summed E-state index contributed by atoms with van der Waals surface area (Å²) in [5, 5.41) is 2.02. The summed E-state index contributed by atoms with van der Waals surface area (Å²) in [6.45, 7) is 2.05. The molecule has 0 saturated heterocycles. The number of rotatable bonds is 3. The molecule has 0 fully saturated rings. The molecule has 0 bridgehead atoms. The van der Waals surface area contributed by atoms with E-state index in [-0.39, 0.29) is 16.5 Å². The standard InChI is InChI=1S/C9H10F2N2OS/c1-2-14-5-3-6(10)8(7(11)4-5)13-9(12)15/h3-4H,2H2,1H3,(H3,12,13,15). The van der Waals surface area contributed by atoms with Gasteiger partial charge in [-0.3, -0.25) is 0 Å². The first-order chi connectivity index (χ1) is 7.04. The van der Waals surface area contributed by atoms with Crippen LogP contribution in [0.3, 0.4) is 0 Å². The Bertz CT molecular complexity index is 361. The van der Waals surface area contributed by atoms with Crippen molar-refractivity contribution in [2.24, 2.45) is 5.73 Å². The fourth-order valence-corrected chi connectivity index (χ4v) is 1.14. The summed E-state index contributed by atoms with van der Waals surface area (Å²) in [6.07, 6.45) is 0. The number of nitrogens with one attached hydrogen (secondary N) is 1. The highest BCUT2D eigenvalue weighted by Crippen LogP contribution is 2.24. The lowest BCUT2D eigenvalue weighted by Crippen LogP contribution is -2.20. The average Bonchev–Trinajstić information content (AvgIpc) is 2.11. The number of halogens is 2. The molecule has 3 nitrogen and oxygen atoms in total. The minimum Gasteiger partial charge on any atom is -0.494 e. The Morgan fingerprint density at radius 3 is 2.40 bits per heavy atom. The monoisotopic (exact) mass is 232 g/mol. The molecule has 0 amide bonds. The van der Waals surface area contributed by atoms with Gasteiger partial charge in [-0.05, 0) is 19.1 Å². The third-order valence-corrected chi connectivity index (χ3v) is 1.68. The van der Waals surface area contributed by atoms with E-state index in [1.807, 2.05) is 0 Å². The molecule has 0 saturated carbocycles. The van der Waals surface area contributed by atoms with Crippen LogP contribution in [-0.4, -0.2) is 11.7 Å². The van der Waals surface area contributed by atoms with Crippen molar-refractivity contribution in [3.8, 4) is 5.75 Å². The molecule has 0 aliphatic heterocycles. The van der Waals surface area contributed by atoms with E-state index in [1.165, 1.54) is 0 Å². The summed E-state index contributed by atoms with van der Waals surface area (Å²) >= 11 is 4.48. The molecule has 15 heavy (non-hydrogen) atoms. The zero-order valence-corrected chi connectivity index (χ0v) is 8.83. The average molecular weight is 232 g/mol. The van der Waals surface area contributed by atoms with E-state index in [9.17, 15) is 8.78 Å². The maximum atomic E-state index is 13.3. The molecule has 0 aliphatic carbocycles. The largest absolute Gasteiger partial charge is 0.494 e. The molecule has 0 aliphatic rings. The van der Waals surface area contributed by atoms with Crippen molar-refractivity contribution >= 4 is 23.0 Å². The van der Waals surface area contributed by atoms with E-state index < -0.39 is 11.6 Å². The molecule has 3 N–H and O–H groups in total. The van der Waals surface area contributed by atoms with Crippen molar-refractivity contribution in [1.82, 2.24) is 0 Å². The number of nitrogens with two attached hydrogens (primary N) is 1. The minimum atomic E-state index is -0.800. The zero-order chi connectivity index (χ0) is 11.4. The normalized spacial score (nSPS) is 9.80. The Morgan fingerprint density at radius 1 is 1.47 bits per heavy atom. The van der Waals surface area contributed by atoms with Crippen LogP contribution < -0.4 is 15.8 Å². The number of ether oxygens (including phenoxy) is 1. The molecule has 1 aromatic carbocycles. The van der Waals surface area contributed by atoms with Gasteiger partial charge in [-0.25, -0.2) is 8.78 Å². The molecule has 1 rings (SSSR count). The van der Waals surface area contributed by atoms with Crippen LogP contribution in [0.1, 0.15) is 6.92 Å². The van der Waals surface area contributed by atoms with Gasteiger partial charge >= 0.3 is 0 Å². The fraction of sp³-hybridized carbons (Fsp3) is 0.222. The van der Waals surface area contributed by atoms with E-state index in [4.69, 9.17) is 10.5 Å². The SMILES string of the molecule is CCOc1cc(F)c(NC(N)=S)c(F)c1. The van der Waals surface area contributed by atoms with Gasteiger partial charge in [0.1, 0.15) is 11.4 Å². The van der Waals surface area contributed by atoms with E-state index in [0.29, 0.717) is 6.61 Å². The van der Waals surface area contributed by atoms with Crippen LogP contribution in [0.5, 0.6) is 5.75 Å². The predicted octanol–water partition coefficient (Wildman–Crippen LogP) is 2.02. The molecule has 0 radical (unpaired) electrons. The molecule has 0 unspecified atom stereocenters. The van der Waals surface area contributed by atoms with Crippen molar-refractivity contribution < 1.29 is 13.5 Å². The zero-order valence-electron chi connectivity index (χ0n) is 8.01. The molecule has 0 aromatic heterocycles. The second-order valence-corrected chi connectivity index (χ2v) is 3.12. The van der Waals surface area contributed by atoms with Crippen molar-refractivity contribution in [1.29, 1.82) is 0 Å². The lowest BCUT2D eigenvalue weighted by atomic mass is 10.2. The van der Waals surface area contributed by atoms with Gasteiger partial charge in [0.05, 0.1) is 6.61 Å². The maximum Gasteiger partial charge on any atom is 0.168 e. The van der Waals surface area contributed by atoms with Crippen LogP contribution in [0.15, 0.2) is 12.1 Å². The Hall–Kier alpha value is -1.43. The maximum absolute atomic E-state index is 13.3. The van der Waals surface area contributed by atoms with Gasteiger partial charge in [0.2, 0.25) is 0 Å². The second-order valence-electron chi connectivity index (χ2n) is 2.68. The van der Waals surface area contributed by atoms with Crippen LogP contribution in [-0.2, 0) is 0 Å². The van der Waals surface area contributed by atoms with Crippen LogP contribution in [0.4, 0.5) is 14.5 Å². The first kappa shape index (κ1) is 11.6. The van der Waals surface area contributed by atoms with Crippen LogP contribution in [0.2, 0.25) is 0 Å². The van der Waals surface area contributed by atoms with Gasteiger partial charge in [-0.15, -0.1) is 0 Å².